The van der Waals surface area contributed by atoms with Crippen LogP contribution in [0.2, 0.25) is 0 Å². The second kappa shape index (κ2) is 11.0. The molecular formula is C16H25N3O2S. The molecule has 1 aromatic rings. The van der Waals surface area contributed by atoms with Crippen molar-refractivity contribution in [1.29, 1.82) is 0 Å². The van der Waals surface area contributed by atoms with Crippen LogP contribution in [0.1, 0.15) is 32.8 Å². The third kappa shape index (κ3) is 7.38. The molecule has 122 valence electrons. The first kappa shape index (κ1) is 18.4. The van der Waals surface area contributed by atoms with E-state index in [9.17, 15) is 0 Å². The number of hydrazone groups is 1. The largest absolute Gasteiger partial charge is 0.494 e. The molecule has 0 atom stereocenters. The van der Waals surface area contributed by atoms with Crippen LogP contribution in [0.5, 0.6) is 5.75 Å². The first-order chi connectivity index (χ1) is 10.7. The van der Waals surface area contributed by atoms with Crippen LogP contribution in [-0.2, 0) is 4.74 Å². The molecule has 0 amide bonds. The van der Waals surface area contributed by atoms with E-state index in [0.717, 1.165) is 43.2 Å². The Bertz CT molecular complexity index is 475. The lowest BCUT2D eigenvalue weighted by molar-refractivity contribution is 0.145. The van der Waals surface area contributed by atoms with Crippen molar-refractivity contribution in [1.82, 2.24) is 10.7 Å². The van der Waals surface area contributed by atoms with Gasteiger partial charge >= 0.3 is 0 Å². The Balaban J connectivity index is 2.36. The molecular weight excluding hydrogens is 298 g/mol. The Hall–Kier alpha value is -1.66. The predicted molar refractivity (Wildman–Crippen MR) is 94.7 cm³/mol. The Morgan fingerprint density at radius 1 is 1.18 bits per heavy atom. The molecule has 0 aliphatic rings. The lowest BCUT2D eigenvalue weighted by Crippen LogP contribution is -2.33. The van der Waals surface area contributed by atoms with Crippen molar-refractivity contribution in [3.05, 3.63) is 29.8 Å². The normalized spacial score (nSPS) is 11.1. The number of hydrogen-bond acceptors (Lipinski definition) is 4. The smallest absolute Gasteiger partial charge is 0.186 e. The highest BCUT2D eigenvalue weighted by Crippen LogP contribution is 2.12. The second-order valence-corrected chi connectivity index (χ2v) is 4.98. The highest BCUT2D eigenvalue weighted by atomic mass is 32.1. The molecule has 0 spiro atoms. The van der Waals surface area contributed by atoms with Crippen LogP contribution in [0.4, 0.5) is 0 Å². The standard InChI is InChI=1S/C16H25N3O2S/c1-4-20-12-6-11-17-16(22)19-18-13(3)14-7-9-15(10-8-14)21-5-2/h7-10H,4-6,11-12H2,1-3H3,(H2,17,19,22)/b18-13-. The molecule has 1 rings (SSSR count). The van der Waals surface area contributed by atoms with Crippen LogP contribution < -0.4 is 15.5 Å². The lowest BCUT2D eigenvalue weighted by atomic mass is 10.1. The topological polar surface area (TPSA) is 54.9 Å². The van der Waals surface area contributed by atoms with Crippen molar-refractivity contribution < 1.29 is 9.47 Å². The van der Waals surface area contributed by atoms with Gasteiger partial charge in [-0.25, -0.2) is 0 Å². The number of rotatable bonds is 9. The van der Waals surface area contributed by atoms with Crippen LogP contribution in [0.3, 0.4) is 0 Å². The van der Waals surface area contributed by atoms with Gasteiger partial charge in [0.15, 0.2) is 5.11 Å². The van der Waals surface area contributed by atoms with E-state index >= 15 is 0 Å². The minimum atomic E-state index is 0.516. The summed E-state index contributed by atoms with van der Waals surface area (Å²) in [6.45, 7) is 8.79. The van der Waals surface area contributed by atoms with Crippen molar-refractivity contribution in [3.63, 3.8) is 0 Å². The number of ether oxygens (including phenoxy) is 2. The molecule has 2 N–H and O–H groups in total. The minimum Gasteiger partial charge on any atom is -0.494 e. The maximum Gasteiger partial charge on any atom is 0.186 e. The van der Waals surface area contributed by atoms with Crippen LogP contribution in [0.25, 0.3) is 0 Å². The van der Waals surface area contributed by atoms with Crippen molar-refractivity contribution in [3.8, 4) is 5.75 Å². The van der Waals surface area contributed by atoms with Crippen molar-refractivity contribution >= 4 is 23.0 Å². The first-order valence-corrected chi connectivity index (χ1v) is 7.97. The fourth-order valence-electron chi connectivity index (χ4n) is 1.72. The van der Waals surface area contributed by atoms with E-state index in [1.165, 1.54) is 0 Å². The van der Waals surface area contributed by atoms with Crippen LogP contribution in [0.15, 0.2) is 29.4 Å². The van der Waals surface area contributed by atoms with Gasteiger partial charge in [-0.3, -0.25) is 5.43 Å². The molecule has 0 fully saturated rings. The number of hydrogen-bond donors (Lipinski definition) is 2. The summed E-state index contributed by atoms with van der Waals surface area (Å²) in [5.41, 5.74) is 4.73. The van der Waals surface area contributed by atoms with Gasteiger partial charge < -0.3 is 14.8 Å². The van der Waals surface area contributed by atoms with Crippen molar-refractivity contribution in [2.24, 2.45) is 5.10 Å². The fourth-order valence-corrected chi connectivity index (χ4v) is 1.87. The number of thiocarbonyl (C=S) groups is 1. The van der Waals surface area contributed by atoms with Gasteiger partial charge in [-0.05, 0) is 69.2 Å². The van der Waals surface area contributed by atoms with Crippen molar-refractivity contribution in [2.75, 3.05) is 26.4 Å². The zero-order chi connectivity index (χ0) is 16.2. The molecule has 1 aromatic carbocycles. The summed E-state index contributed by atoms with van der Waals surface area (Å²) < 4.78 is 10.7. The zero-order valence-electron chi connectivity index (χ0n) is 13.5. The van der Waals surface area contributed by atoms with Gasteiger partial charge in [0.25, 0.3) is 0 Å². The van der Waals surface area contributed by atoms with Gasteiger partial charge in [-0.2, -0.15) is 5.10 Å². The number of nitrogens with one attached hydrogen (secondary N) is 2. The van der Waals surface area contributed by atoms with E-state index in [1.807, 2.05) is 45.0 Å². The summed E-state index contributed by atoms with van der Waals surface area (Å²) >= 11 is 5.17. The Morgan fingerprint density at radius 2 is 1.91 bits per heavy atom. The minimum absolute atomic E-state index is 0.516. The molecule has 6 heteroatoms. The highest BCUT2D eigenvalue weighted by molar-refractivity contribution is 7.80. The maximum atomic E-state index is 5.41. The number of benzene rings is 1. The van der Waals surface area contributed by atoms with Crippen molar-refractivity contribution in [2.45, 2.75) is 27.2 Å². The van der Waals surface area contributed by atoms with E-state index in [1.54, 1.807) is 0 Å². The van der Waals surface area contributed by atoms with E-state index in [0.29, 0.717) is 11.7 Å². The molecule has 0 radical (unpaired) electrons. The van der Waals surface area contributed by atoms with E-state index in [-0.39, 0.29) is 0 Å². The summed E-state index contributed by atoms with van der Waals surface area (Å²) in [6.07, 6.45) is 0.914. The maximum absolute atomic E-state index is 5.41. The number of nitrogens with zero attached hydrogens (tertiary/aromatic N) is 1. The fraction of sp³-hybridized carbons (Fsp3) is 0.500. The lowest BCUT2D eigenvalue weighted by Gasteiger charge is -2.08. The van der Waals surface area contributed by atoms with E-state index in [2.05, 4.69) is 15.8 Å². The molecule has 0 unspecified atom stereocenters. The summed E-state index contributed by atoms with van der Waals surface area (Å²) in [5, 5.41) is 7.88. The van der Waals surface area contributed by atoms with Gasteiger partial charge in [0.2, 0.25) is 0 Å². The average Bonchev–Trinajstić information content (AvgIpc) is 2.53. The van der Waals surface area contributed by atoms with Gasteiger partial charge in [0, 0.05) is 19.8 Å². The Kier molecular flexibility index (Phi) is 9.18. The van der Waals surface area contributed by atoms with Gasteiger partial charge in [0.1, 0.15) is 5.75 Å². The Labute approximate surface area is 138 Å². The SMILES string of the molecule is CCOCCCNC(=S)N/N=C(/C)c1ccc(OCC)cc1. The molecule has 5 nitrogen and oxygen atoms in total. The third-order valence-corrected chi connectivity index (χ3v) is 3.10. The monoisotopic (exact) mass is 323 g/mol. The molecule has 0 aliphatic carbocycles. The predicted octanol–water partition coefficient (Wildman–Crippen LogP) is 2.70. The third-order valence-electron chi connectivity index (χ3n) is 2.86. The highest BCUT2D eigenvalue weighted by Gasteiger charge is 1.99. The van der Waals surface area contributed by atoms with Gasteiger partial charge in [-0.1, -0.05) is 0 Å². The average molecular weight is 323 g/mol. The summed E-state index contributed by atoms with van der Waals surface area (Å²) in [4.78, 5) is 0. The molecule has 0 aliphatic heterocycles. The molecule has 0 heterocycles. The summed E-state index contributed by atoms with van der Waals surface area (Å²) in [5.74, 6) is 0.860. The van der Waals surface area contributed by atoms with Crippen LogP contribution in [-0.4, -0.2) is 37.2 Å². The van der Waals surface area contributed by atoms with E-state index < -0.39 is 0 Å². The van der Waals surface area contributed by atoms with Gasteiger partial charge in [-0.15, -0.1) is 0 Å². The summed E-state index contributed by atoms with van der Waals surface area (Å²) in [7, 11) is 0. The molecule has 0 saturated carbocycles. The molecule has 0 aromatic heterocycles. The first-order valence-electron chi connectivity index (χ1n) is 7.56. The molecule has 0 bridgehead atoms. The molecule has 22 heavy (non-hydrogen) atoms. The second-order valence-electron chi connectivity index (χ2n) is 4.57. The van der Waals surface area contributed by atoms with Crippen LogP contribution >= 0.6 is 12.2 Å². The van der Waals surface area contributed by atoms with Gasteiger partial charge in [0.05, 0.1) is 12.3 Å². The van der Waals surface area contributed by atoms with E-state index in [4.69, 9.17) is 21.7 Å². The van der Waals surface area contributed by atoms with Crippen LogP contribution in [0, 0.1) is 0 Å². The zero-order valence-corrected chi connectivity index (χ0v) is 14.3. The Morgan fingerprint density at radius 3 is 2.55 bits per heavy atom. The summed E-state index contributed by atoms with van der Waals surface area (Å²) in [6, 6.07) is 7.82. The molecule has 0 saturated heterocycles. The quantitative estimate of drug-likeness (QED) is 0.317.